The van der Waals surface area contributed by atoms with Crippen molar-refractivity contribution in [1.82, 2.24) is 15.1 Å². The number of hydrogen-bond donors (Lipinski definition) is 2. The van der Waals surface area contributed by atoms with Gasteiger partial charge in [-0.05, 0) is 51.7 Å². The van der Waals surface area contributed by atoms with Crippen LogP contribution in [0, 0.1) is 13.8 Å². The smallest absolute Gasteiger partial charge is 0.224 e. The van der Waals surface area contributed by atoms with Gasteiger partial charge in [-0.25, -0.2) is 4.68 Å². The van der Waals surface area contributed by atoms with Crippen molar-refractivity contribution in [2.75, 3.05) is 0 Å². The molecule has 1 amide bonds. The summed E-state index contributed by atoms with van der Waals surface area (Å²) in [4.78, 5) is 12.4. The number of carbonyl (C=O) groups excluding carboxylic acids is 1. The van der Waals surface area contributed by atoms with Crippen molar-refractivity contribution in [3.05, 3.63) is 47.3 Å². The van der Waals surface area contributed by atoms with Crippen molar-refractivity contribution in [3.63, 3.8) is 0 Å². The van der Waals surface area contributed by atoms with Crippen LogP contribution >= 0.6 is 0 Å². The SMILES string of the molecule is Cc1nn(-c2ccccc2)c(C)c1CC(=O)NC1CCC(N)CC1. The van der Waals surface area contributed by atoms with Gasteiger partial charge < -0.3 is 11.1 Å². The zero-order valence-electron chi connectivity index (χ0n) is 14.5. The first kappa shape index (κ1) is 16.7. The minimum atomic E-state index is 0.0780. The van der Waals surface area contributed by atoms with E-state index in [4.69, 9.17) is 5.73 Å². The van der Waals surface area contributed by atoms with Crippen LogP contribution in [-0.4, -0.2) is 27.8 Å². The van der Waals surface area contributed by atoms with E-state index in [1.807, 2.05) is 48.9 Å². The fourth-order valence-electron chi connectivity index (χ4n) is 3.45. The van der Waals surface area contributed by atoms with E-state index in [1.165, 1.54) is 0 Å². The molecule has 1 heterocycles. The van der Waals surface area contributed by atoms with E-state index in [2.05, 4.69) is 10.4 Å². The summed E-state index contributed by atoms with van der Waals surface area (Å²) in [6.07, 6.45) is 4.33. The van der Waals surface area contributed by atoms with Crippen LogP contribution in [0.1, 0.15) is 42.6 Å². The molecular formula is C19H26N4O. The highest BCUT2D eigenvalue weighted by Gasteiger charge is 2.21. The minimum absolute atomic E-state index is 0.0780. The lowest BCUT2D eigenvalue weighted by Gasteiger charge is -2.26. The summed E-state index contributed by atoms with van der Waals surface area (Å²) in [6, 6.07) is 10.6. The number of amides is 1. The molecule has 0 spiro atoms. The zero-order chi connectivity index (χ0) is 17.1. The maximum atomic E-state index is 12.4. The molecule has 1 aromatic carbocycles. The normalized spacial score (nSPS) is 20.8. The Kier molecular flexibility index (Phi) is 5.00. The first-order valence-electron chi connectivity index (χ1n) is 8.70. The van der Waals surface area contributed by atoms with Crippen molar-refractivity contribution in [1.29, 1.82) is 0 Å². The number of aryl methyl sites for hydroxylation is 1. The average molecular weight is 326 g/mol. The van der Waals surface area contributed by atoms with Crippen LogP contribution in [0.4, 0.5) is 0 Å². The molecule has 0 atom stereocenters. The Morgan fingerprint density at radius 1 is 1.21 bits per heavy atom. The molecule has 2 aromatic rings. The van der Waals surface area contributed by atoms with Gasteiger partial charge >= 0.3 is 0 Å². The highest BCUT2D eigenvalue weighted by molar-refractivity contribution is 5.79. The summed E-state index contributed by atoms with van der Waals surface area (Å²) in [7, 11) is 0. The van der Waals surface area contributed by atoms with Gasteiger partial charge in [0.25, 0.3) is 0 Å². The van der Waals surface area contributed by atoms with Gasteiger partial charge in [-0.3, -0.25) is 4.79 Å². The lowest BCUT2D eigenvalue weighted by atomic mass is 9.91. The Labute approximate surface area is 143 Å². The number of nitrogens with zero attached hydrogens (tertiary/aromatic N) is 2. The van der Waals surface area contributed by atoms with Crippen molar-refractivity contribution < 1.29 is 4.79 Å². The van der Waals surface area contributed by atoms with Gasteiger partial charge in [-0.1, -0.05) is 18.2 Å². The van der Waals surface area contributed by atoms with Gasteiger partial charge in [-0.15, -0.1) is 0 Å². The Morgan fingerprint density at radius 3 is 2.54 bits per heavy atom. The van der Waals surface area contributed by atoms with Crippen LogP contribution in [0.25, 0.3) is 5.69 Å². The summed E-state index contributed by atoms with van der Waals surface area (Å²) in [6.45, 7) is 3.99. The largest absolute Gasteiger partial charge is 0.353 e. The maximum absolute atomic E-state index is 12.4. The maximum Gasteiger partial charge on any atom is 0.224 e. The quantitative estimate of drug-likeness (QED) is 0.906. The molecule has 1 saturated carbocycles. The van der Waals surface area contributed by atoms with Crippen LogP contribution < -0.4 is 11.1 Å². The average Bonchev–Trinajstić information content (AvgIpc) is 2.86. The molecule has 3 N–H and O–H groups in total. The number of para-hydroxylation sites is 1. The molecule has 0 radical (unpaired) electrons. The molecule has 24 heavy (non-hydrogen) atoms. The van der Waals surface area contributed by atoms with Gasteiger partial charge in [0.2, 0.25) is 5.91 Å². The van der Waals surface area contributed by atoms with E-state index in [1.54, 1.807) is 0 Å². The Bertz CT molecular complexity index is 700. The lowest BCUT2D eigenvalue weighted by Crippen LogP contribution is -2.41. The molecule has 0 unspecified atom stereocenters. The molecule has 1 fully saturated rings. The molecule has 5 nitrogen and oxygen atoms in total. The third-order valence-electron chi connectivity index (χ3n) is 4.92. The first-order valence-corrected chi connectivity index (χ1v) is 8.70. The van der Waals surface area contributed by atoms with Gasteiger partial charge in [-0.2, -0.15) is 5.10 Å². The molecule has 1 aliphatic rings. The zero-order valence-corrected chi connectivity index (χ0v) is 14.5. The van der Waals surface area contributed by atoms with E-state index >= 15 is 0 Å². The van der Waals surface area contributed by atoms with Crippen LogP contribution in [0.5, 0.6) is 0 Å². The van der Waals surface area contributed by atoms with E-state index in [9.17, 15) is 4.79 Å². The highest BCUT2D eigenvalue weighted by Crippen LogP contribution is 2.20. The fourth-order valence-corrected chi connectivity index (χ4v) is 3.45. The summed E-state index contributed by atoms with van der Waals surface area (Å²) in [5.74, 6) is 0.0780. The van der Waals surface area contributed by atoms with Crippen molar-refractivity contribution in [2.45, 2.75) is 58.0 Å². The van der Waals surface area contributed by atoms with Crippen molar-refractivity contribution in [2.24, 2.45) is 5.73 Å². The monoisotopic (exact) mass is 326 g/mol. The molecular weight excluding hydrogens is 300 g/mol. The van der Waals surface area contributed by atoms with E-state index < -0.39 is 0 Å². The van der Waals surface area contributed by atoms with Gasteiger partial charge in [0.15, 0.2) is 0 Å². The van der Waals surface area contributed by atoms with Crippen LogP contribution in [0.2, 0.25) is 0 Å². The number of rotatable bonds is 4. The summed E-state index contributed by atoms with van der Waals surface area (Å²) in [5.41, 5.74) is 9.90. The van der Waals surface area contributed by atoms with Crippen molar-refractivity contribution >= 4 is 5.91 Å². The van der Waals surface area contributed by atoms with Gasteiger partial charge in [0.1, 0.15) is 0 Å². The van der Waals surface area contributed by atoms with Crippen LogP contribution in [0.15, 0.2) is 30.3 Å². The predicted octanol–water partition coefficient (Wildman–Crippen LogP) is 2.42. The third-order valence-corrected chi connectivity index (χ3v) is 4.92. The van der Waals surface area contributed by atoms with Crippen LogP contribution in [0.3, 0.4) is 0 Å². The Morgan fingerprint density at radius 2 is 1.88 bits per heavy atom. The van der Waals surface area contributed by atoms with Gasteiger partial charge in [0.05, 0.1) is 17.8 Å². The molecule has 5 heteroatoms. The van der Waals surface area contributed by atoms with Crippen LogP contribution in [-0.2, 0) is 11.2 Å². The number of aromatic nitrogens is 2. The second-order valence-electron chi connectivity index (χ2n) is 6.75. The van der Waals surface area contributed by atoms with Gasteiger partial charge in [0, 0.05) is 23.3 Å². The molecule has 0 bridgehead atoms. The number of nitrogens with one attached hydrogen (secondary N) is 1. The summed E-state index contributed by atoms with van der Waals surface area (Å²) < 4.78 is 1.91. The van der Waals surface area contributed by atoms with Crippen molar-refractivity contribution in [3.8, 4) is 5.69 Å². The predicted molar refractivity (Wildman–Crippen MR) is 95.1 cm³/mol. The molecule has 0 saturated heterocycles. The minimum Gasteiger partial charge on any atom is -0.353 e. The second-order valence-corrected chi connectivity index (χ2v) is 6.75. The number of nitrogens with two attached hydrogens (primary N) is 1. The number of benzene rings is 1. The molecule has 3 rings (SSSR count). The topological polar surface area (TPSA) is 72.9 Å². The van der Waals surface area contributed by atoms with E-state index in [-0.39, 0.29) is 11.9 Å². The Hall–Kier alpha value is -2.14. The lowest BCUT2D eigenvalue weighted by molar-refractivity contribution is -0.121. The summed E-state index contributed by atoms with van der Waals surface area (Å²) >= 11 is 0. The molecule has 1 aromatic heterocycles. The fraction of sp³-hybridized carbons (Fsp3) is 0.474. The second kappa shape index (κ2) is 7.18. The number of hydrogen-bond acceptors (Lipinski definition) is 3. The first-order chi connectivity index (χ1) is 11.5. The highest BCUT2D eigenvalue weighted by atomic mass is 16.1. The number of carbonyl (C=O) groups is 1. The molecule has 1 aliphatic carbocycles. The Balaban J connectivity index is 1.69. The van der Waals surface area contributed by atoms with E-state index in [0.29, 0.717) is 12.5 Å². The standard InChI is InChI=1S/C19H26N4O/c1-13-18(12-19(24)21-16-10-8-15(20)9-11-16)14(2)23(22-13)17-6-4-3-5-7-17/h3-7,15-16H,8-12,20H2,1-2H3,(H,21,24). The molecule has 128 valence electrons. The van der Waals surface area contributed by atoms with E-state index in [0.717, 1.165) is 48.3 Å². The molecule has 0 aliphatic heterocycles. The third kappa shape index (κ3) is 3.67. The summed E-state index contributed by atoms with van der Waals surface area (Å²) in [5, 5.41) is 7.77.